The van der Waals surface area contributed by atoms with E-state index in [0.717, 1.165) is 37.0 Å². The number of hydrogen-bond donors (Lipinski definition) is 0. The molecule has 2 nitrogen and oxygen atoms in total. The van der Waals surface area contributed by atoms with Crippen molar-refractivity contribution >= 4 is 24.5 Å². The molecule has 0 unspecified atom stereocenters. The predicted molar refractivity (Wildman–Crippen MR) is 159 cm³/mol. The number of fused-ring (bicyclic) bond motifs is 5. The van der Waals surface area contributed by atoms with E-state index in [4.69, 9.17) is 4.43 Å². The minimum Gasteiger partial charge on any atom is -0.404 e. The third-order valence-corrected chi connectivity index (χ3v) is 16.7. The van der Waals surface area contributed by atoms with Crippen LogP contribution in [0.1, 0.15) is 86.0 Å². The Morgan fingerprint density at radius 2 is 1.42 bits per heavy atom. The van der Waals surface area contributed by atoms with Crippen LogP contribution in [-0.2, 0) is 9.22 Å². The first-order valence-corrected chi connectivity index (χ1v) is 17.0. The maximum absolute atomic E-state index is 12.3. The van der Waals surface area contributed by atoms with Crippen LogP contribution in [0, 0.1) is 28.6 Å². The summed E-state index contributed by atoms with van der Waals surface area (Å²) >= 11 is 0. The number of carbonyl (C=O) groups is 1. The molecule has 4 aliphatic carbocycles. The molecule has 0 amide bonds. The highest BCUT2D eigenvalue weighted by atomic mass is 28.4. The minimum atomic E-state index is -2.58. The van der Waals surface area contributed by atoms with Crippen molar-refractivity contribution < 1.29 is 9.22 Å². The zero-order valence-electron chi connectivity index (χ0n) is 24.1. The maximum atomic E-state index is 12.3. The predicted octanol–water partition coefficient (Wildman–Crippen LogP) is 7.46. The number of benzene rings is 2. The zero-order chi connectivity index (χ0) is 26.8. The first-order valence-electron chi connectivity index (χ1n) is 15.1. The van der Waals surface area contributed by atoms with Gasteiger partial charge in [-0.3, -0.25) is 4.79 Å². The molecule has 0 aliphatic heterocycles. The van der Waals surface area contributed by atoms with Crippen molar-refractivity contribution in [1.82, 2.24) is 0 Å². The van der Waals surface area contributed by atoms with Crippen molar-refractivity contribution in [2.45, 2.75) is 97.1 Å². The molecule has 0 saturated heterocycles. The van der Waals surface area contributed by atoms with E-state index in [1.165, 1.54) is 48.1 Å². The highest BCUT2D eigenvalue weighted by molar-refractivity contribution is 6.99. The van der Waals surface area contributed by atoms with Crippen LogP contribution in [0.2, 0.25) is 5.04 Å². The summed E-state index contributed by atoms with van der Waals surface area (Å²) in [4.78, 5) is 12.3. The van der Waals surface area contributed by atoms with Gasteiger partial charge in [-0.1, -0.05) is 101 Å². The molecule has 0 spiro atoms. The number of ketones is 1. The number of hydrogen-bond acceptors (Lipinski definition) is 2. The summed E-state index contributed by atoms with van der Waals surface area (Å²) in [7, 11) is -2.58. The molecule has 0 aromatic heterocycles. The summed E-state index contributed by atoms with van der Waals surface area (Å²) in [5.74, 6) is 2.56. The fourth-order valence-electron chi connectivity index (χ4n) is 9.61. The van der Waals surface area contributed by atoms with Gasteiger partial charge in [-0.05, 0) is 95.0 Å². The Morgan fingerprint density at radius 1 is 0.789 bits per heavy atom. The normalized spacial score (nSPS) is 35.2. The second-order valence-corrected chi connectivity index (χ2v) is 18.6. The van der Waals surface area contributed by atoms with Gasteiger partial charge in [-0.25, -0.2) is 0 Å². The molecule has 3 fully saturated rings. The lowest BCUT2D eigenvalue weighted by Gasteiger charge is -2.58. The highest BCUT2D eigenvalue weighted by Crippen LogP contribution is 2.66. The van der Waals surface area contributed by atoms with Crippen molar-refractivity contribution in [3.05, 3.63) is 72.3 Å². The summed E-state index contributed by atoms with van der Waals surface area (Å²) in [6.45, 7) is 12.3. The Labute approximate surface area is 231 Å². The Balaban J connectivity index is 1.37. The average molecular weight is 527 g/mol. The summed E-state index contributed by atoms with van der Waals surface area (Å²) < 4.78 is 7.82. The molecule has 0 bridgehead atoms. The van der Waals surface area contributed by atoms with Crippen molar-refractivity contribution in [2.24, 2.45) is 28.6 Å². The molecule has 38 heavy (non-hydrogen) atoms. The number of carbonyl (C=O) groups excluding carboxylic acids is 1. The first-order chi connectivity index (χ1) is 18.1. The van der Waals surface area contributed by atoms with E-state index in [2.05, 4.69) is 95.3 Å². The standard InChI is InChI=1S/C35H46O2Si/c1-33(2,3)38(27-12-8-6-9-13-27,28-14-10-7-11-15-28)37-32-19-18-30-29-17-16-25-24-26(36)20-22-34(25,4)31(29)21-23-35(30,32)5/h6-15,24,29-32H,16-23H2,1-5H3/t29-,30-,31-,32-,34-,35-/m0/s1. The summed E-state index contributed by atoms with van der Waals surface area (Å²) in [6.07, 6.45) is 11.5. The number of rotatable bonds is 4. The minimum absolute atomic E-state index is 0.00794. The summed E-state index contributed by atoms with van der Waals surface area (Å²) in [6, 6.07) is 22.4. The maximum Gasteiger partial charge on any atom is 0.261 e. The second kappa shape index (κ2) is 9.30. The van der Waals surface area contributed by atoms with Crippen molar-refractivity contribution in [2.75, 3.05) is 0 Å². The van der Waals surface area contributed by atoms with Crippen LogP contribution in [0.5, 0.6) is 0 Å². The Hall–Kier alpha value is -1.97. The van der Waals surface area contributed by atoms with E-state index >= 15 is 0 Å². The zero-order valence-corrected chi connectivity index (χ0v) is 25.1. The van der Waals surface area contributed by atoms with Gasteiger partial charge in [0.05, 0.1) is 6.10 Å². The van der Waals surface area contributed by atoms with Crippen molar-refractivity contribution in [1.29, 1.82) is 0 Å². The molecule has 6 atom stereocenters. The van der Waals surface area contributed by atoms with Gasteiger partial charge >= 0.3 is 0 Å². The monoisotopic (exact) mass is 526 g/mol. The van der Waals surface area contributed by atoms with Gasteiger partial charge in [0.2, 0.25) is 0 Å². The van der Waals surface area contributed by atoms with Gasteiger partial charge in [0.25, 0.3) is 8.32 Å². The SMILES string of the molecule is CC(C)(C)[Si](O[C@H]1CC[C@H]2[C@@H]3CCC4=CC(=O)CC[C@]4(C)[C@H]3CC[C@]12C)(c1ccccc1)c1ccccc1. The lowest BCUT2D eigenvalue weighted by molar-refractivity contribution is -0.117. The molecule has 6 rings (SSSR count). The highest BCUT2D eigenvalue weighted by Gasteiger charge is 2.62. The Bertz CT molecular complexity index is 1170. The van der Waals surface area contributed by atoms with E-state index in [9.17, 15) is 4.79 Å². The van der Waals surface area contributed by atoms with Crippen LogP contribution < -0.4 is 10.4 Å². The quantitative estimate of drug-likeness (QED) is 0.386. The molecule has 0 radical (unpaired) electrons. The van der Waals surface area contributed by atoms with Gasteiger partial charge in [-0.2, -0.15) is 0 Å². The Kier molecular flexibility index (Phi) is 6.43. The lowest BCUT2D eigenvalue weighted by atomic mass is 9.47. The van der Waals surface area contributed by atoms with Gasteiger partial charge in [0.1, 0.15) is 0 Å². The van der Waals surface area contributed by atoms with Crippen molar-refractivity contribution in [3.8, 4) is 0 Å². The molecule has 2 aromatic carbocycles. The van der Waals surface area contributed by atoms with Crippen LogP contribution in [0.15, 0.2) is 72.3 Å². The van der Waals surface area contributed by atoms with Crippen LogP contribution in [0.25, 0.3) is 0 Å². The fourth-order valence-corrected chi connectivity index (χ4v) is 14.4. The molecular formula is C35H46O2Si. The van der Waals surface area contributed by atoms with E-state index < -0.39 is 8.32 Å². The van der Waals surface area contributed by atoms with Gasteiger partial charge in [0.15, 0.2) is 5.78 Å². The smallest absolute Gasteiger partial charge is 0.261 e. The molecule has 0 N–H and O–H groups in total. The first kappa shape index (κ1) is 26.3. The topological polar surface area (TPSA) is 26.3 Å². The van der Waals surface area contributed by atoms with Crippen LogP contribution >= 0.6 is 0 Å². The molecule has 202 valence electrons. The van der Waals surface area contributed by atoms with E-state index in [0.29, 0.717) is 5.78 Å². The van der Waals surface area contributed by atoms with E-state index in [1.807, 2.05) is 6.08 Å². The third kappa shape index (κ3) is 3.86. The van der Waals surface area contributed by atoms with Crippen LogP contribution in [0.3, 0.4) is 0 Å². The van der Waals surface area contributed by atoms with Gasteiger partial charge < -0.3 is 4.43 Å². The van der Waals surface area contributed by atoms with Crippen LogP contribution in [0.4, 0.5) is 0 Å². The molecule has 2 aromatic rings. The molecule has 3 saturated carbocycles. The van der Waals surface area contributed by atoms with E-state index in [1.54, 1.807) is 0 Å². The fraction of sp³-hybridized carbons (Fsp3) is 0.571. The molecule has 3 heteroatoms. The molecule has 4 aliphatic rings. The third-order valence-electron chi connectivity index (χ3n) is 11.6. The average Bonchev–Trinajstić information content (AvgIpc) is 3.24. The number of allylic oxidation sites excluding steroid dienone is 1. The van der Waals surface area contributed by atoms with Gasteiger partial charge in [-0.15, -0.1) is 0 Å². The Morgan fingerprint density at radius 3 is 2.03 bits per heavy atom. The van der Waals surface area contributed by atoms with E-state index in [-0.39, 0.29) is 22.0 Å². The van der Waals surface area contributed by atoms with Crippen molar-refractivity contribution in [3.63, 3.8) is 0 Å². The summed E-state index contributed by atoms with van der Waals surface area (Å²) in [5.41, 5.74) is 1.92. The lowest BCUT2D eigenvalue weighted by Crippen LogP contribution is -2.68. The molecular weight excluding hydrogens is 480 g/mol. The van der Waals surface area contributed by atoms with Gasteiger partial charge in [0, 0.05) is 6.42 Å². The summed E-state index contributed by atoms with van der Waals surface area (Å²) in [5, 5.41) is 2.80. The largest absolute Gasteiger partial charge is 0.404 e. The van der Waals surface area contributed by atoms with Crippen LogP contribution in [-0.4, -0.2) is 20.2 Å². The second-order valence-electron chi connectivity index (χ2n) is 14.4. The molecule has 0 heterocycles.